The topological polar surface area (TPSA) is 25.8 Å². The summed E-state index contributed by atoms with van der Waals surface area (Å²) in [6.07, 6.45) is 1.84. The van der Waals surface area contributed by atoms with Gasteiger partial charge in [-0.25, -0.2) is 0 Å². The van der Waals surface area contributed by atoms with Gasteiger partial charge in [0.2, 0.25) is 0 Å². The fourth-order valence-corrected chi connectivity index (χ4v) is 2.53. The first-order chi connectivity index (χ1) is 6.95. The zero-order valence-corrected chi connectivity index (χ0v) is 8.50. The minimum atomic E-state index is 0.624. The van der Waals surface area contributed by atoms with Gasteiger partial charge in [-0.05, 0) is 0 Å². The Morgan fingerprint density at radius 3 is 2.86 bits per heavy atom. The van der Waals surface area contributed by atoms with Crippen LogP contribution in [0.3, 0.4) is 0 Å². The molecule has 0 bridgehead atoms. The highest BCUT2D eigenvalue weighted by Gasteiger charge is 2.23. The summed E-state index contributed by atoms with van der Waals surface area (Å²) >= 11 is 1.98. The third-order valence-electron chi connectivity index (χ3n) is 2.62. The number of fused-ring (bicyclic) bond motifs is 1. The molecule has 0 amide bonds. The smallest absolute Gasteiger partial charge is 0.0756 e. The van der Waals surface area contributed by atoms with Crippen LogP contribution in [0.4, 0.5) is 0 Å². The van der Waals surface area contributed by atoms with Gasteiger partial charge in [-0.1, -0.05) is 24.3 Å². The second kappa shape index (κ2) is 3.24. The summed E-state index contributed by atoms with van der Waals surface area (Å²) in [7, 11) is 0. The van der Waals surface area contributed by atoms with Crippen molar-refractivity contribution in [2.75, 3.05) is 11.5 Å². The minimum absolute atomic E-state index is 0.624. The van der Waals surface area contributed by atoms with Crippen LogP contribution in [0.1, 0.15) is 11.6 Å². The van der Waals surface area contributed by atoms with E-state index in [1.54, 1.807) is 0 Å². The standard InChI is InChI=1S/C11H10N2S/c1-2-4-10-8(3-1)5-12-13-11(10)9-6-14-7-9/h1-5,9H,6-7H2. The average molecular weight is 202 g/mol. The van der Waals surface area contributed by atoms with Crippen LogP contribution in [0.2, 0.25) is 0 Å². The molecule has 0 saturated carbocycles. The quantitative estimate of drug-likeness (QED) is 0.710. The number of hydrogen-bond donors (Lipinski definition) is 0. The Labute approximate surface area is 86.7 Å². The van der Waals surface area contributed by atoms with Crippen LogP contribution in [0.15, 0.2) is 30.5 Å². The minimum Gasteiger partial charge on any atom is -0.161 e. The normalized spacial score (nSPS) is 16.9. The Kier molecular flexibility index (Phi) is 1.91. The molecule has 0 radical (unpaired) electrons. The van der Waals surface area contributed by atoms with Gasteiger partial charge in [0.05, 0.1) is 11.9 Å². The highest BCUT2D eigenvalue weighted by molar-refractivity contribution is 8.00. The molecule has 1 aliphatic heterocycles. The molecular weight excluding hydrogens is 192 g/mol. The van der Waals surface area contributed by atoms with Crippen molar-refractivity contribution in [3.63, 3.8) is 0 Å². The lowest BCUT2D eigenvalue weighted by atomic mass is 10.0. The van der Waals surface area contributed by atoms with Crippen LogP contribution >= 0.6 is 11.8 Å². The molecule has 1 aliphatic rings. The van der Waals surface area contributed by atoms with Gasteiger partial charge in [-0.2, -0.15) is 22.0 Å². The van der Waals surface area contributed by atoms with Gasteiger partial charge in [-0.3, -0.25) is 0 Å². The molecule has 3 rings (SSSR count). The van der Waals surface area contributed by atoms with Crippen molar-refractivity contribution >= 4 is 22.5 Å². The van der Waals surface area contributed by atoms with E-state index in [1.165, 1.54) is 28.0 Å². The van der Waals surface area contributed by atoms with Crippen LogP contribution in [0.5, 0.6) is 0 Å². The molecule has 14 heavy (non-hydrogen) atoms. The van der Waals surface area contributed by atoms with Crippen LogP contribution in [-0.2, 0) is 0 Å². The summed E-state index contributed by atoms with van der Waals surface area (Å²) in [5.41, 5.74) is 1.18. The number of benzene rings is 1. The molecule has 2 nitrogen and oxygen atoms in total. The van der Waals surface area contributed by atoms with Crippen LogP contribution in [0, 0.1) is 0 Å². The molecule has 2 aromatic rings. The van der Waals surface area contributed by atoms with E-state index in [0.29, 0.717) is 5.92 Å². The lowest BCUT2D eigenvalue weighted by Gasteiger charge is -2.24. The SMILES string of the molecule is c1ccc2c(C3CSC3)nncc2c1. The fraction of sp³-hybridized carbons (Fsp3) is 0.273. The van der Waals surface area contributed by atoms with E-state index in [4.69, 9.17) is 0 Å². The van der Waals surface area contributed by atoms with Gasteiger partial charge in [0.1, 0.15) is 0 Å². The van der Waals surface area contributed by atoms with Gasteiger partial charge in [0.25, 0.3) is 0 Å². The molecule has 1 saturated heterocycles. The van der Waals surface area contributed by atoms with E-state index >= 15 is 0 Å². The van der Waals surface area contributed by atoms with Crippen molar-refractivity contribution in [1.82, 2.24) is 10.2 Å². The Morgan fingerprint density at radius 2 is 2.07 bits per heavy atom. The lowest BCUT2D eigenvalue weighted by Crippen LogP contribution is -2.17. The average Bonchev–Trinajstić information content (AvgIpc) is 2.16. The molecule has 1 aromatic heterocycles. The van der Waals surface area contributed by atoms with Crippen LogP contribution in [0.25, 0.3) is 10.8 Å². The summed E-state index contributed by atoms with van der Waals surface area (Å²) in [6.45, 7) is 0. The van der Waals surface area contributed by atoms with Gasteiger partial charge < -0.3 is 0 Å². The van der Waals surface area contributed by atoms with Gasteiger partial charge in [0.15, 0.2) is 0 Å². The van der Waals surface area contributed by atoms with E-state index in [1.807, 2.05) is 24.0 Å². The predicted octanol–water partition coefficient (Wildman–Crippen LogP) is 2.46. The number of rotatable bonds is 1. The molecule has 2 heterocycles. The number of nitrogens with zero attached hydrogens (tertiary/aromatic N) is 2. The van der Waals surface area contributed by atoms with Crippen molar-refractivity contribution < 1.29 is 0 Å². The maximum absolute atomic E-state index is 4.27. The summed E-state index contributed by atoms with van der Waals surface area (Å²) in [5, 5.41) is 10.8. The van der Waals surface area contributed by atoms with E-state index in [2.05, 4.69) is 28.4 Å². The maximum Gasteiger partial charge on any atom is 0.0756 e. The van der Waals surface area contributed by atoms with Crippen LogP contribution < -0.4 is 0 Å². The second-order valence-corrected chi connectivity index (χ2v) is 4.63. The highest BCUT2D eigenvalue weighted by atomic mass is 32.2. The monoisotopic (exact) mass is 202 g/mol. The molecule has 0 N–H and O–H groups in total. The first-order valence-electron chi connectivity index (χ1n) is 4.73. The van der Waals surface area contributed by atoms with Crippen molar-refractivity contribution in [3.8, 4) is 0 Å². The predicted molar refractivity (Wildman–Crippen MR) is 59.6 cm³/mol. The van der Waals surface area contributed by atoms with Crippen LogP contribution in [-0.4, -0.2) is 21.7 Å². The van der Waals surface area contributed by atoms with E-state index in [-0.39, 0.29) is 0 Å². The van der Waals surface area contributed by atoms with Crippen molar-refractivity contribution in [3.05, 3.63) is 36.2 Å². The van der Waals surface area contributed by atoms with E-state index in [9.17, 15) is 0 Å². The largest absolute Gasteiger partial charge is 0.161 e. The molecule has 0 aliphatic carbocycles. The van der Waals surface area contributed by atoms with E-state index < -0.39 is 0 Å². The molecule has 1 fully saturated rings. The third kappa shape index (κ3) is 1.20. The number of hydrogen-bond acceptors (Lipinski definition) is 3. The molecule has 3 heteroatoms. The lowest BCUT2D eigenvalue weighted by molar-refractivity contribution is 0.788. The molecule has 1 aromatic carbocycles. The summed E-state index contributed by atoms with van der Waals surface area (Å²) in [6, 6.07) is 8.35. The molecule has 0 atom stereocenters. The Balaban J connectivity index is 2.22. The third-order valence-corrected chi connectivity index (χ3v) is 3.90. The van der Waals surface area contributed by atoms with Crippen molar-refractivity contribution in [1.29, 1.82) is 0 Å². The first kappa shape index (κ1) is 8.24. The number of thioether (sulfide) groups is 1. The van der Waals surface area contributed by atoms with Crippen molar-refractivity contribution in [2.24, 2.45) is 0 Å². The maximum atomic E-state index is 4.27. The Morgan fingerprint density at radius 1 is 1.21 bits per heavy atom. The Hall–Kier alpha value is -1.09. The molecule has 0 spiro atoms. The summed E-state index contributed by atoms with van der Waals surface area (Å²) in [4.78, 5) is 0. The van der Waals surface area contributed by atoms with E-state index in [0.717, 1.165) is 0 Å². The van der Waals surface area contributed by atoms with Gasteiger partial charge >= 0.3 is 0 Å². The zero-order chi connectivity index (χ0) is 9.38. The zero-order valence-electron chi connectivity index (χ0n) is 7.68. The van der Waals surface area contributed by atoms with Gasteiger partial charge in [-0.15, -0.1) is 0 Å². The molecular formula is C11H10N2S. The number of aromatic nitrogens is 2. The highest BCUT2D eigenvalue weighted by Crippen LogP contribution is 2.35. The molecule has 70 valence electrons. The van der Waals surface area contributed by atoms with Crippen molar-refractivity contribution in [2.45, 2.75) is 5.92 Å². The second-order valence-electron chi connectivity index (χ2n) is 3.55. The van der Waals surface area contributed by atoms with Gasteiger partial charge in [0, 0.05) is 28.2 Å². The first-order valence-corrected chi connectivity index (χ1v) is 5.89. The molecule has 0 unspecified atom stereocenters. The Bertz CT molecular complexity index is 460. The summed E-state index contributed by atoms with van der Waals surface area (Å²) < 4.78 is 0. The fourth-order valence-electron chi connectivity index (χ4n) is 1.75. The summed E-state index contributed by atoms with van der Waals surface area (Å²) in [5.74, 6) is 3.02.